The molecular formula is C18H20N2O3S. The Morgan fingerprint density at radius 3 is 2.75 bits per heavy atom. The van der Waals surface area contributed by atoms with E-state index in [1.807, 2.05) is 37.3 Å². The lowest BCUT2D eigenvalue weighted by Gasteiger charge is -2.30. The summed E-state index contributed by atoms with van der Waals surface area (Å²) < 4.78 is 1.12. The molecule has 0 aliphatic heterocycles. The van der Waals surface area contributed by atoms with E-state index in [-0.39, 0.29) is 24.3 Å². The number of allylic oxidation sites excluding steroid dienone is 2. The van der Waals surface area contributed by atoms with Crippen molar-refractivity contribution in [1.82, 2.24) is 9.88 Å². The van der Waals surface area contributed by atoms with Crippen molar-refractivity contribution in [1.29, 1.82) is 0 Å². The van der Waals surface area contributed by atoms with E-state index in [1.165, 1.54) is 4.90 Å². The molecule has 126 valence electrons. The van der Waals surface area contributed by atoms with Crippen molar-refractivity contribution in [2.45, 2.75) is 25.7 Å². The zero-order valence-electron chi connectivity index (χ0n) is 13.5. The fourth-order valence-electron chi connectivity index (χ4n) is 3.15. The largest absolute Gasteiger partial charge is 0.480 e. The van der Waals surface area contributed by atoms with Gasteiger partial charge in [0.1, 0.15) is 6.54 Å². The van der Waals surface area contributed by atoms with Crippen LogP contribution in [0.3, 0.4) is 0 Å². The lowest BCUT2D eigenvalue weighted by atomic mass is 9.82. The van der Waals surface area contributed by atoms with Crippen LogP contribution in [-0.4, -0.2) is 40.0 Å². The minimum absolute atomic E-state index is 0.0164. The summed E-state index contributed by atoms with van der Waals surface area (Å²) in [4.78, 5) is 30.0. The zero-order valence-corrected chi connectivity index (χ0v) is 14.3. The highest BCUT2D eigenvalue weighted by atomic mass is 32.1. The van der Waals surface area contributed by atoms with E-state index >= 15 is 0 Å². The predicted octanol–water partition coefficient (Wildman–Crippen LogP) is 3.28. The molecule has 2 aromatic rings. The van der Waals surface area contributed by atoms with Gasteiger partial charge in [0.2, 0.25) is 5.91 Å². The van der Waals surface area contributed by atoms with Crippen LogP contribution in [0.5, 0.6) is 0 Å². The number of fused-ring (bicyclic) bond motifs is 1. The van der Waals surface area contributed by atoms with Gasteiger partial charge in [-0.2, -0.15) is 0 Å². The van der Waals surface area contributed by atoms with E-state index in [2.05, 4.69) is 6.08 Å². The molecule has 1 aliphatic rings. The number of aliphatic carboxylic acids is 1. The lowest BCUT2D eigenvalue weighted by Crippen LogP contribution is -2.41. The van der Waals surface area contributed by atoms with E-state index in [4.69, 9.17) is 10.1 Å². The molecule has 0 saturated carbocycles. The molecule has 6 heteroatoms. The number of aromatic nitrogens is 1. The van der Waals surface area contributed by atoms with Crippen LogP contribution >= 0.6 is 11.3 Å². The number of para-hydroxylation sites is 1. The molecule has 1 aliphatic carbocycles. The normalized spacial score (nSPS) is 20.2. The average molecular weight is 344 g/mol. The Morgan fingerprint density at radius 1 is 1.29 bits per heavy atom. The van der Waals surface area contributed by atoms with Gasteiger partial charge in [-0.3, -0.25) is 9.59 Å². The van der Waals surface area contributed by atoms with Crippen molar-refractivity contribution in [3.63, 3.8) is 0 Å². The Kier molecular flexibility index (Phi) is 4.94. The Balaban J connectivity index is 1.89. The Hall–Kier alpha value is -2.21. The number of carboxylic acid groups (broad SMARTS) is 1. The first-order valence-corrected chi connectivity index (χ1v) is 8.92. The van der Waals surface area contributed by atoms with Crippen LogP contribution in [0.1, 0.15) is 30.7 Å². The first-order chi connectivity index (χ1) is 11.6. The van der Waals surface area contributed by atoms with Crippen molar-refractivity contribution >= 4 is 33.4 Å². The van der Waals surface area contributed by atoms with Crippen LogP contribution < -0.4 is 0 Å². The summed E-state index contributed by atoms with van der Waals surface area (Å²) in [6.45, 7) is 1.96. The van der Waals surface area contributed by atoms with Crippen molar-refractivity contribution < 1.29 is 14.7 Å². The zero-order chi connectivity index (χ0) is 17.1. The van der Waals surface area contributed by atoms with Gasteiger partial charge in [0.15, 0.2) is 0 Å². The lowest BCUT2D eigenvalue weighted by molar-refractivity contribution is -0.146. The van der Waals surface area contributed by atoms with Crippen LogP contribution in [0.2, 0.25) is 0 Å². The number of rotatable bonds is 5. The summed E-state index contributed by atoms with van der Waals surface area (Å²) in [7, 11) is 0. The molecule has 0 radical (unpaired) electrons. The second-order valence-electron chi connectivity index (χ2n) is 5.92. The number of carbonyl (C=O) groups excluding carboxylic acids is 1. The van der Waals surface area contributed by atoms with Crippen LogP contribution in [0.4, 0.5) is 0 Å². The summed E-state index contributed by atoms with van der Waals surface area (Å²) in [5, 5.41) is 9.99. The van der Waals surface area contributed by atoms with Crippen LogP contribution in [0.25, 0.3) is 10.2 Å². The third kappa shape index (κ3) is 3.33. The van der Waals surface area contributed by atoms with E-state index in [1.54, 1.807) is 11.3 Å². The Bertz CT molecular complexity index is 750. The van der Waals surface area contributed by atoms with Gasteiger partial charge >= 0.3 is 5.97 Å². The van der Waals surface area contributed by atoms with E-state index in [9.17, 15) is 9.59 Å². The Morgan fingerprint density at radius 2 is 2.04 bits per heavy atom. The molecule has 1 N–H and O–H groups in total. The number of hydrogen-bond acceptors (Lipinski definition) is 4. The van der Waals surface area contributed by atoms with Gasteiger partial charge < -0.3 is 10.0 Å². The molecule has 3 rings (SSSR count). The second kappa shape index (κ2) is 7.13. The number of thiazole rings is 1. The van der Waals surface area contributed by atoms with Crippen LogP contribution in [-0.2, 0) is 9.59 Å². The molecule has 0 spiro atoms. The smallest absolute Gasteiger partial charge is 0.323 e. The minimum atomic E-state index is -0.979. The third-order valence-corrected chi connectivity index (χ3v) is 5.57. The number of carbonyl (C=O) groups is 2. The maximum Gasteiger partial charge on any atom is 0.323 e. The highest BCUT2D eigenvalue weighted by Crippen LogP contribution is 2.39. The summed E-state index contributed by atoms with van der Waals surface area (Å²) >= 11 is 1.63. The van der Waals surface area contributed by atoms with E-state index in [0.717, 1.165) is 21.6 Å². The topological polar surface area (TPSA) is 70.5 Å². The maximum atomic E-state index is 12.9. The van der Waals surface area contributed by atoms with Crippen molar-refractivity contribution in [2.24, 2.45) is 5.92 Å². The van der Waals surface area contributed by atoms with Gasteiger partial charge in [-0.05, 0) is 31.9 Å². The highest BCUT2D eigenvalue weighted by Gasteiger charge is 2.35. The van der Waals surface area contributed by atoms with Gasteiger partial charge in [0.05, 0.1) is 21.1 Å². The maximum absolute atomic E-state index is 12.9. The number of nitrogens with zero attached hydrogens (tertiary/aromatic N) is 2. The van der Waals surface area contributed by atoms with Crippen molar-refractivity contribution in [3.8, 4) is 0 Å². The second-order valence-corrected chi connectivity index (χ2v) is 6.98. The molecule has 5 nitrogen and oxygen atoms in total. The molecule has 0 saturated heterocycles. The molecule has 24 heavy (non-hydrogen) atoms. The number of likely N-dealkylation sites (N-methyl/N-ethyl adjacent to an activating group) is 1. The van der Waals surface area contributed by atoms with Gasteiger partial charge in [-0.15, -0.1) is 11.3 Å². The highest BCUT2D eigenvalue weighted by molar-refractivity contribution is 7.18. The third-order valence-electron chi connectivity index (χ3n) is 4.40. The van der Waals surface area contributed by atoms with Gasteiger partial charge in [0, 0.05) is 12.5 Å². The summed E-state index contributed by atoms with van der Waals surface area (Å²) in [6, 6.07) is 7.96. The number of carboxylic acids is 1. The molecule has 0 bridgehead atoms. The molecule has 2 unspecified atom stereocenters. The summed E-state index contributed by atoms with van der Waals surface area (Å²) in [5.41, 5.74) is 0.955. The number of amides is 1. The molecule has 0 fully saturated rings. The minimum Gasteiger partial charge on any atom is -0.480 e. The number of benzene rings is 1. The van der Waals surface area contributed by atoms with Gasteiger partial charge in [-0.1, -0.05) is 24.3 Å². The quantitative estimate of drug-likeness (QED) is 0.845. The molecule has 1 heterocycles. The monoisotopic (exact) mass is 344 g/mol. The summed E-state index contributed by atoms with van der Waals surface area (Å²) in [6.07, 6.45) is 5.51. The molecule has 1 aromatic carbocycles. The fourth-order valence-corrected chi connectivity index (χ4v) is 4.30. The van der Waals surface area contributed by atoms with Crippen molar-refractivity contribution in [3.05, 3.63) is 41.4 Å². The fraction of sp³-hybridized carbons (Fsp3) is 0.389. The van der Waals surface area contributed by atoms with Gasteiger partial charge in [-0.25, -0.2) is 4.98 Å². The molecular weight excluding hydrogens is 324 g/mol. The molecule has 1 aromatic heterocycles. The van der Waals surface area contributed by atoms with E-state index < -0.39 is 5.97 Å². The van der Waals surface area contributed by atoms with E-state index in [0.29, 0.717) is 13.0 Å². The standard InChI is InChI=1S/C18H20N2O3S/c1-2-20(11-16(21)22)18(23)13-8-4-3-7-12(13)17-19-14-9-5-6-10-15(14)24-17/h3-6,9-10,12-13H,2,7-8,11H2,1H3,(H,21,22). The average Bonchev–Trinajstić information content (AvgIpc) is 3.03. The van der Waals surface area contributed by atoms with Crippen LogP contribution in [0.15, 0.2) is 36.4 Å². The first-order valence-electron chi connectivity index (χ1n) is 8.11. The van der Waals surface area contributed by atoms with Crippen molar-refractivity contribution in [2.75, 3.05) is 13.1 Å². The Labute approximate surface area is 144 Å². The summed E-state index contributed by atoms with van der Waals surface area (Å²) in [5.74, 6) is -1.29. The van der Waals surface area contributed by atoms with Gasteiger partial charge in [0.25, 0.3) is 0 Å². The van der Waals surface area contributed by atoms with Crippen LogP contribution in [0, 0.1) is 5.92 Å². The first kappa shape index (κ1) is 16.6. The predicted molar refractivity (Wildman–Crippen MR) is 94.1 cm³/mol. The molecule has 1 amide bonds. The number of hydrogen-bond donors (Lipinski definition) is 1. The SMILES string of the molecule is CCN(CC(=O)O)C(=O)C1CC=CCC1c1nc2ccccc2s1. The molecule has 2 atom stereocenters.